The van der Waals surface area contributed by atoms with Gasteiger partial charge in [0.05, 0.1) is 5.56 Å². The molecule has 21 heavy (non-hydrogen) atoms. The smallest absolute Gasteiger partial charge is 0.329 e. The van der Waals surface area contributed by atoms with Crippen LogP contribution in [0.1, 0.15) is 43.4 Å². The van der Waals surface area contributed by atoms with E-state index in [0.717, 1.165) is 25.3 Å². The Morgan fingerprint density at radius 2 is 1.90 bits per heavy atom. The number of unbranched alkanes of at least 4 members (excludes halogenated alkanes) is 2. The number of hydrogen-bond donors (Lipinski definition) is 1. The van der Waals surface area contributed by atoms with E-state index in [4.69, 9.17) is 5.73 Å². The number of hydrogen-bond acceptors (Lipinski definition) is 2. The van der Waals surface area contributed by atoms with E-state index in [2.05, 4.69) is 6.92 Å². The van der Waals surface area contributed by atoms with Crippen LogP contribution in [-0.2, 0) is 6.18 Å². The van der Waals surface area contributed by atoms with Crippen molar-refractivity contribution in [2.24, 2.45) is 5.73 Å². The van der Waals surface area contributed by atoms with E-state index in [1.54, 1.807) is 11.9 Å². The highest BCUT2D eigenvalue weighted by molar-refractivity contribution is 5.33. The lowest BCUT2D eigenvalue weighted by Crippen LogP contribution is -2.33. The van der Waals surface area contributed by atoms with Crippen LogP contribution in [0.5, 0.6) is 0 Å². The SMILES string of the molecule is CCCCCN(C)C(CN)c1ccc(F)cc1C(F)(F)F. The molecule has 0 saturated heterocycles. The third-order valence-electron chi connectivity index (χ3n) is 3.55. The molecule has 2 N–H and O–H groups in total. The summed E-state index contributed by atoms with van der Waals surface area (Å²) in [5.41, 5.74) is 4.75. The van der Waals surface area contributed by atoms with Crippen molar-refractivity contribution in [1.29, 1.82) is 0 Å². The average molecular weight is 306 g/mol. The van der Waals surface area contributed by atoms with E-state index >= 15 is 0 Å². The van der Waals surface area contributed by atoms with E-state index in [1.165, 1.54) is 6.07 Å². The summed E-state index contributed by atoms with van der Waals surface area (Å²) in [7, 11) is 1.75. The number of likely N-dealkylation sites (N-methyl/N-ethyl adjacent to an activating group) is 1. The Hall–Kier alpha value is -1.14. The first-order valence-electron chi connectivity index (χ1n) is 7.08. The second kappa shape index (κ2) is 7.75. The highest BCUT2D eigenvalue weighted by Gasteiger charge is 2.36. The quantitative estimate of drug-likeness (QED) is 0.610. The average Bonchev–Trinajstić information content (AvgIpc) is 2.40. The lowest BCUT2D eigenvalue weighted by Gasteiger charge is -2.29. The van der Waals surface area contributed by atoms with Crippen molar-refractivity contribution in [3.05, 3.63) is 35.1 Å². The normalized spacial score (nSPS) is 13.7. The summed E-state index contributed by atoms with van der Waals surface area (Å²) < 4.78 is 52.4. The van der Waals surface area contributed by atoms with Crippen LogP contribution in [0.15, 0.2) is 18.2 Å². The van der Waals surface area contributed by atoms with Crippen molar-refractivity contribution in [1.82, 2.24) is 4.90 Å². The molecule has 1 atom stereocenters. The van der Waals surface area contributed by atoms with Gasteiger partial charge >= 0.3 is 6.18 Å². The maximum Gasteiger partial charge on any atom is 0.416 e. The summed E-state index contributed by atoms with van der Waals surface area (Å²) in [5.74, 6) is -0.893. The van der Waals surface area contributed by atoms with Gasteiger partial charge in [0.25, 0.3) is 0 Å². The van der Waals surface area contributed by atoms with Crippen LogP contribution < -0.4 is 5.73 Å². The molecular weight excluding hydrogens is 284 g/mol. The molecule has 2 nitrogen and oxygen atoms in total. The van der Waals surface area contributed by atoms with E-state index in [1.807, 2.05) is 0 Å². The monoisotopic (exact) mass is 306 g/mol. The Bertz CT molecular complexity index is 446. The van der Waals surface area contributed by atoms with Crippen LogP contribution in [0, 0.1) is 5.82 Å². The van der Waals surface area contributed by atoms with E-state index in [9.17, 15) is 17.6 Å². The van der Waals surface area contributed by atoms with Gasteiger partial charge in [0.1, 0.15) is 5.82 Å². The molecule has 0 bridgehead atoms. The maximum absolute atomic E-state index is 13.1. The minimum absolute atomic E-state index is 0.0328. The fourth-order valence-electron chi connectivity index (χ4n) is 2.38. The fourth-order valence-corrected chi connectivity index (χ4v) is 2.38. The van der Waals surface area contributed by atoms with Crippen LogP contribution in [0.2, 0.25) is 0 Å². The molecule has 120 valence electrons. The minimum Gasteiger partial charge on any atom is -0.329 e. The van der Waals surface area contributed by atoms with Gasteiger partial charge in [-0.15, -0.1) is 0 Å². The van der Waals surface area contributed by atoms with Gasteiger partial charge in [-0.05, 0) is 37.7 Å². The molecule has 0 saturated carbocycles. The number of rotatable bonds is 7. The van der Waals surface area contributed by atoms with Crippen LogP contribution in [0.25, 0.3) is 0 Å². The zero-order valence-electron chi connectivity index (χ0n) is 12.4. The predicted octanol–water partition coefficient (Wildman–Crippen LogP) is 3.97. The summed E-state index contributed by atoms with van der Waals surface area (Å²) in [5, 5.41) is 0. The summed E-state index contributed by atoms with van der Waals surface area (Å²) >= 11 is 0. The largest absolute Gasteiger partial charge is 0.416 e. The third-order valence-corrected chi connectivity index (χ3v) is 3.55. The van der Waals surface area contributed by atoms with E-state index < -0.39 is 23.6 Å². The molecule has 0 radical (unpaired) electrons. The molecule has 0 fully saturated rings. The second-order valence-electron chi connectivity index (χ2n) is 5.17. The predicted molar refractivity (Wildman–Crippen MR) is 75.4 cm³/mol. The highest BCUT2D eigenvalue weighted by Crippen LogP contribution is 2.36. The molecule has 0 aliphatic heterocycles. The number of nitrogens with zero attached hydrogens (tertiary/aromatic N) is 1. The zero-order chi connectivity index (χ0) is 16.0. The Labute approximate surface area is 122 Å². The summed E-state index contributed by atoms with van der Waals surface area (Å²) in [6.45, 7) is 2.77. The lowest BCUT2D eigenvalue weighted by molar-refractivity contribution is -0.138. The molecule has 0 heterocycles. The molecule has 1 rings (SSSR count). The lowest BCUT2D eigenvalue weighted by atomic mass is 9.98. The van der Waals surface area contributed by atoms with Gasteiger partial charge in [-0.1, -0.05) is 25.8 Å². The first-order valence-corrected chi connectivity index (χ1v) is 7.08. The van der Waals surface area contributed by atoms with Crippen LogP contribution >= 0.6 is 0 Å². The molecule has 0 spiro atoms. The van der Waals surface area contributed by atoms with E-state index in [0.29, 0.717) is 12.6 Å². The molecule has 1 aromatic carbocycles. The van der Waals surface area contributed by atoms with Crippen molar-refractivity contribution in [3.8, 4) is 0 Å². The van der Waals surface area contributed by atoms with Crippen LogP contribution in [0.3, 0.4) is 0 Å². The van der Waals surface area contributed by atoms with Gasteiger partial charge in [0.15, 0.2) is 0 Å². The van der Waals surface area contributed by atoms with Gasteiger partial charge in [-0.2, -0.15) is 13.2 Å². The topological polar surface area (TPSA) is 29.3 Å². The second-order valence-corrected chi connectivity index (χ2v) is 5.17. The van der Waals surface area contributed by atoms with Crippen molar-refractivity contribution < 1.29 is 17.6 Å². The van der Waals surface area contributed by atoms with Gasteiger partial charge in [0.2, 0.25) is 0 Å². The maximum atomic E-state index is 13.1. The van der Waals surface area contributed by atoms with Gasteiger partial charge in [-0.25, -0.2) is 4.39 Å². The molecule has 1 aromatic rings. The molecule has 0 amide bonds. The van der Waals surface area contributed by atoms with Gasteiger partial charge in [-0.3, -0.25) is 4.90 Å². The zero-order valence-corrected chi connectivity index (χ0v) is 12.4. The number of halogens is 4. The molecule has 1 unspecified atom stereocenters. The van der Waals surface area contributed by atoms with Crippen molar-refractivity contribution in [2.75, 3.05) is 20.1 Å². The van der Waals surface area contributed by atoms with Gasteiger partial charge < -0.3 is 5.73 Å². The van der Waals surface area contributed by atoms with Gasteiger partial charge in [0, 0.05) is 12.6 Å². The number of nitrogens with two attached hydrogens (primary N) is 1. The highest BCUT2D eigenvalue weighted by atomic mass is 19.4. The van der Waals surface area contributed by atoms with Crippen LogP contribution in [-0.4, -0.2) is 25.0 Å². The standard InChI is InChI=1S/C15H22F4N2/c1-3-4-5-8-21(2)14(10-20)12-7-6-11(16)9-13(12)15(17,18)19/h6-7,9,14H,3-5,8,10,20H2,1-2H3. The Morgan fingerprint density at radius 1 is 1.24 bits per heavy atom. The summed E-state index contributed by atoms with van der Waals surface area (Å²) in [4.78, 5) is 1.80. The summed E-state index contributed by atoms with van der Waals surface area (Å²) in [6, 6.07) is 2.20. The Kier molecular flexibility index (Phi) is 6.61. The van der Waals surface area contributed by atoms with Crippen molar-refractivity contribution in [3.63, 3.8) is 0 Å². The Morgan fingerprint density at radius 3 is 2.43 bits per heavy atom. The first kappa shape index (κ1) is 17.9. The molecule has 0 aliphatic rings. The summed E-state index contributed by atoms with van der Waals surface area (Å²) in [6.07, 6.45) is -1.65. The molecular formula is C15H22F4N2. The first-order chi connectivity index (χ1) is 9.81. The number of benzene rings is 1. The molecule has 0 aliphatic carbocycles. The van der Waals surface area contributed by atoms with Crippen molar-refractivity contribution >= 4 is 0 Å². The number of alkyl halides is 3. The molecule has 6 heteroatoms. The third kappa shape index (κ3) is 4.97. The Balaban J connectivity index is 3.05. The molecule has 0 aromatic heterocycles. The van der Waals surface area contributed by atoms with Crippen molar-refractivity contribution in [2.45, 2.75) is 38.4 Å². The van der Waals surface area contributed by atoms with E-state index in [-0.39, 0.29) is 12.1 Å². The fraction of sp³-hybridized carbons (Fsp3) is 0.600. The minimum atomic E-state index is -4.59. The van der Waals surface area contributed by atoms with Crippen LogP contribution in [0.4, 0.5) is 17.6 Å².